The molecule has 1 heterocycles. The van der Waals surface area contributed by atoms with E-state index in [1.54, 1.807) is 0 Å². The van der Waals surface area contributed by atoms with Crippen molar-refractivity contribution in [2.75, 3.05) is 0 Å². The number of hydrogen-bond donors (Lipinski definition) is 1. The van der Waals surface area contributed by atoms with Crippen LogP contribution in [0.15, 0.2) is 12.3 Å². The van der Waals surface area contributed by atoms with E-state index >= 15 is 0 Å². The van der Waals surface area contributed by atoms with Crippen molar-refractivity contribution in [3.63, 3.8) is 0 Å². The minimum atomic E-state index is -5.83. The normalized spacial score (nSPS) is 14.7. The van der Waals surface area contributed by atoms with Crippen molar-refractivity contribution < 1.29 is 36.2 Å². The second-order valence-corrected chi connectivity index (χ2v) is 2.93. The fourth-order valence-electron chi connectivity index (χ4n) is 1.01. The first-order chi connectivity index (χ1) is 7.58. The summed E-state index contributed by atoms with van der Waals surface area (Å²) in [6.07, 6.45) is -9.85. The van der Waals surface area contributed by atoms with E-state index in [-0.39, 0.29) is 0 Å². The number of halogens is 6. The monoisotopic (exact) mass is 262 g/mol. The maximum absolute atomic E-state index is 13.0. The van der Waals surface area contributed by atoms with Crippen LogP contribution in [0, 0.1) is 0 Å². The van der Waals surface area contributed by atoms with E-state index in [0.29, 0.717) is 12.3 Å². The smallest absolute Gasteiger partial charge is 0.427 e. The molecule has 17 heavy (non-hydrogen) atoms. The molecule has 0 aromatic carbocycles. The second kappa shape index (κ2) is 3.93. The van der Waals surface area contributed by atoms with Crippen LogP contribution in [-0.2, 0) is 6.05 Å². The van der Waals surface area contributed by atoms with Gasteiger partial charge in [-0.25, -0.2) is 9.18 Å². The van der Waals surface area contributed by atoms with Crippen LogP contribution in [0.4, 0.5) is 26.3 Å². The number of alkyl halides is 6. The van der Waals surface area contributed by atoms with Crippen LogP contribution < -0.4 is 0 Å². The van der Waals surface area contributed by atoms with Gasteiger partial charge in [0.05, 0.1) is 6.20 Å². The molecule has 1 atom stereocenters. The number of nitrogens with zero attached hydrogens (tertiary/aromatic N) is 2. The third-order valence-corrected chi connectivity index (χ3v) is 1.74. The number of hydrogen-bond acceptors (Lipinski definition) is 2. The first kappa shape index (κ1) is 13.3. The molecule has 0 amide bonds. The van der Waals surface area contributed by atoms with Gasteiger partial charge in [0.15, 0.2) is 5.69 Å². The minimum absolute atomic E-state index is 0.527. The van der Waals surface area contributed by atoms with Crippen molar-refractivity contribution in [2.24, 2.45) is 0 Å². The summed E-state index contributed by atoms with van der Waals surface area (Å²) in [6, 6.07) is -4.60. The molecule has 4 nitrogen and oxygen atoms in total. The van der Waals surface area contributed by atoms with Gasteiger partial charge in [-0.1, -0.05) is 0 Å². The number of carboxylic acid groups (broad SMARTS) is 1. The number of carbonyl (C=O) groups is 1. The lowest BCUT2D eigenvalue weighted by Crippen LogP contribution is -2.45. The summed E-state index contributed by atoms with van der Waals surface area (Å²) in [5, 5.41) is 11.1. The Bertz CT molecular complexity index is 426. The van der Waals surface area contributed by atoms with E-state index in [9.17, 15) is 31.1 Å². The number of carboxylic acids is 1. The van der Waals surface area contributed by atoms with E-state index in [1.165, 1.54) is 0 Å². The number of aromatic carboxylic acids is 1. The van der Waals surface area contributed by atoms with Gasteiger partial charge in [0.2, 0.25) is 0 Å². The lowest BCUT2D eigenvalue weighted by Gasteiger charge is -2.23. The topological polar surface area (TPSA) is 55.1 Å². The summed E-state index contributed by atoms with van der Waals surface area (Å²) in [7, 11) is 0. The molecule has 0 spiro atoms. The van der Waals surface area contributed by atoms with E-state index < -0.39 is 34.7 Å². The molecule has 0 saturated carbocycles. The first-order valence-electron chi connectivity index (χ1n) is 3.95. The Hall–Kier alpha value is -1.74. The summed E-state index contributed by atoms with van der Waals surface area (Å²) in [5.41, 5.74) is -1.25. The molecule has 0 aliphatic carbocycles. The average Bonchev–Trinajstić information content (AvgIpc) is 2.63. The molecule has 1 N–H and O–H groups in total. The SMILES string of the molecule is O=C(O)c1ccnn1C(F)(F)C(F)C(F)(F)F. The van der Waals surface area contributed by atoms with Crippen LogP contribution in [0.3, 0.4) is 0 Å². The van der Waals surface area contributed by atoms with Crippen LogP contribution in [0.25, 0.3) is 0 Å². The van der Waals surface area contributed by atoms with Gasteiger partial charge in [-0.3, -0.25) is 0 Å². The quantitative estimate of drug-likeness (QED) is 0.848. The third kappa shape index (κ3) is 2.34. The van der Waals surface area contributed by atoms with Gasteiger partial charge in [-0.05, 0) is 6.07 Å². The Labute approximate surface area is 89.4 Å². The Morgan fingerprint density at radius 1 is 1.35 bits per heavy atom. The van der Waals surface area contributed by atoms with Crippen LogP contribution in [-0.4, -0.2) is 33.2 Å². The fraction of sp³-hybridized carbons (Fsp3) is 0.429. The zero-order valence-electron chi connectivity index (χ0n) is 7.75. The number of aromatic nitrogens is 2. The third-order valence-electron chi connectivity index (χ3n) is 1.74. The molecule has 10 heteroatoms. The van der Waals surface area contributed by atoms with Crippen molar-refractivity contribution in [1.82, 2.24) is 9.78 Å². The van der Waals surface area contributed by atoms with Gasteiger partial charge in [0.1, 0.15) is 0 Å². The molecule has 96 valence electrons. The Morgan fingerprint density at radius 2 is 1.88 bits per heavy atom. The van der Waals surface area contributed by atoms with Gasteiger partial charge in [-0.2, -0.15) is 31.7 Å². The molecular formula is C7H4F6N2O2. The lowest BCUT2D eigenvalue weighted by atomic mass is 10.3. The molecule has 0 saturated heterocycles. The predicted molar refractivity (Wildman–Crippen MR) is 40.3 cm³/mol. The maximum atomic E-state index is 13.0. The highest BCUT2D eigenvalue weighted by atomic mass is 19.4. The highest BCUT2D eigenvalue weighted by molar-refractivity contribution is 5.85. The highest BCUT2D eigenvalue weighted by Gasteiger charge is 2.59. The van der Waals surface area contributed by atoms with Crippen molar-refractivity contribution in [3.05, 3.63) is 18.0 Å². The molecule has 0 radical (unpaired) electrons. The van der Waals surface area contributed by atoms with Crippen LogP contribution in [0.1, 0.15) is 10.5 Å². The Morgan fingerprint density at radius 3 is 2.29 bits per heavy atom. The summed E-state index contributed by atoms with van der Waals surface area (Å²) in [4.78, 5) is 10.4. The van der Waals surface area contributed by atoms with Crippen LogP contribution in [0.5, 0.6) is 0 Å². The van der Waals surface area contributed by atoms with Gasteiger partial charge in [-0.15, -0.1) is 0 Å². The molecule has 0 aliphatic rings. The van der Waals surface area contributed by atoms with Gasteiger partial charge >= 0.3 is 18.2 Å². The predicted octanol–water partition coefficient (Wildman–Crippen LogP) is 2.03. The zero-order valence-corrected chi connectivity index (χ0v) is 7.75. The second-order valence-electron chi connectivity index (χ2n) is 2.93. The number of rotatable bonds is 3. The largest absolute Gasteiger partial charge is 0.477 e. The van der Waals surface area contributed by atoms with Crippen molar-refractivity contribution in [3.8, 4) is 0 Å². The van der Waals surface area contributed by atoms with Gasteiger partial charge < -0.3 is 5.11 Å². The summed E-state index contributed by atoms with van der Waals surface area (Å²) in [6.45, 7) is 0. The van der Waals surface area contributed by atoms with E-state index in [1.807, 2.05) is 0 Å². The van der Waals surface area contributed by atoms with E-state index in [4.69, 9.17) is 5.11 Å². The Balaban J connectivity index is 3.21. The van der Waals surface area contributed by atoms with E-state index in [2.05, 4.69) is 5.10 Å². The molecule has 1 aromatic rings. The van der Waals surface area contributed by atoms with Crippen LogP contribution in [0.2, 0.25) is 0 Å². The molecule has 0 aliphatic heterocycles. The molecule has 1 aromatic heterocycles. The van der Waals surface area contributed by atoms with Crippen molar-refractivity contribution in [1.29, 1.82) is 0 Å². The van der Waals surface area contributed by atoms with E-state index in [0.717, 1.165) is 0 Å². The summed E-state index contributed by atoms with van der Waals surface area (Å²) >= 11 is 0. The van der Waals surface area contributed by atoms with Gasteiger partial charge in [0.25, 0.3) is 6.17 Å². The lowest BCUT2D eigenvalue weighted by molar-refractivity contribution is -0.276. The zero-order chi connectivity index (χ0) is 13.4. The van der Waals surface area contributed by atoms with Gasteiger partial charge in [0, 0.05) is 0 Å². The molecular weight excluding hydrogens is 258 g/mol. The maximum Gasteiger partial charge on any atom is 0.427 e. The molecule has 1 rings (SSSR count). The molecule has 0 bridgehead atoms. The standard InChI is InChI=1S/C7H4F6N2O2/c8-5(6(9,10)11)7(12,13)15-3(4(16)17)1-2-14-15/h1-2,5H,(H,16,17). The molecule has 1 unspecified atom stereocenters. The van der Waals surface area contributed by atoms with Crippen molar-refractivity contribution in [2.45, 2.75) is 18.4 Å². The summed E-state index contributed by atoms with van der Waals surface area (Å²) < 4.78 is 73.3. The summed E-state index contributed by atoms with van der Waals surface area (Å²) in [5.74, 6) is -1.95. The van der Waals surface area contributed by atoms with Crippen LogP contribution >= 0.6 is 0 Å². The molecule has 0 fully saturated rings. The average molecular weight is 262 g/mol. The van der Waals surface area contributed by atoms with Crippen molar-refractivity contribution >= 4 is 5.97 Å². The minimum Gasteiger partial charge on any atom is -0.477 e. The first-order valence-corrected chi connectivity index (χ1v) is 3.95. The highest BCUT2D eigenvalue weighted by Crippen LogP contribution is 2.38. The Kier molecular flexibility index (Phi) is 3.08. The fourth-order valence-corrected chi connectivity index (χ4v) is 1.01.